The van der Waals surface area contributed by atoms with Crippen LogP contribution in [0.25, 0.3) is 0 Å². The molecule has 1 saturated heterocycles. The minimum Gasteiger partial charge on any atom is -0.486 e. The Balaban J connectivity index is 1.45. The van der Waals surface area contributed by atoms with Crippen molar-refractivity contribution in [1.29, 1.82) is 0 Å². The Bertz CT molecular complexity index is 1150. The molecule has 0 radical (unpaired) electrons. The summed E-state index contributed by atoms with van der Waals surface area (Å²) in [6.45, 7) is 0.890. The van der Waals surface area contributed by atoms with Crippen molar-refractivity contribution in [2.24, 2.45) is 0 Å². The minimum absolute atomic E-state index is 0.173. The van der Waals surface area contributed by atoms with Gasteiger partial charge in [-0.3, -0.25) is 14.9 Å². The number of likely N-dealkylation sites (tertiary alicyclic amines) is 1. The topological polar surface area (TPSA) is 135 Å². The van der Waals surface area contributed by atoms with Gasteiger partial charge in [-0.1, -0.05) is 6.07 Å². The van der Waals surface area contributed by atoms with Crippen LogP contribution in [0.5, 0.6) is 11.5 Å². The molecular formula is C23H22N2O9. The summed E-state index contributed by atoms with van der Waals surface area (Å²) in [7, 11) is 1.12. The van der Waals surface area contributed by atoms with Gasteiger partial charge in [0.2, 0.25) is 0 Å². The number of amides is 1. The molecule has 11 nitrogen and oxygen atoms in total. The first-order valence-corrected chi connectivity index (χ1v) is 10.6. The van der Waals surface area contributed by atoms with Crippen LogP contribution in [0, 0.1) is 10.1 Å². The average molecular weight is 470 g/mol. The Labute approximate surface area is 194 Å². The maximum Gasteiger partial charge on any atom is 0.338 e. The van der Waals surface area contributed by atoms with Crippen LogP contribution in [0.15, 0.2) is 36.4 Å². The molecular weight excluding hydrogens is 448 g/mol. The lowest BCUT2D eigenvalue weighted by Gasteiger charge is -2.26. The first-order chi connectivity index (χ1) is 16.4. The van der Waals surface area contributed by atoms with E-state index in [4.69, 9.17) is 14.2 Å². The van der Waals surface area contributed by atoms with Gasteiger partial charge in [0.25, 0.3) is 11.6 Å². The number of carbonyl (C=O) groups excluding carboxylic acids is 3. The van der Waals surface area contributed by atoms with Crippen LogP contribution in [0.2, 0.25) is 0 Å². The molecule has 1 amide bonds. The fraction of sp³-hybridized carbons (Fsp3) is 0.348. The average Bonchev–Trinajstić information content (AvgIpc) is 3.36. The SMILES string of the molecule is COC(=O)c1cc(C(=O)OCC(=O)N2CCCC2c2ccc3c(c2)OCCO3)cc([N+](=O)[O-])c1. The van der Waals surface area contributed by atoms with Crippen molar-refractivity contribution >= 4 is 23.5 Å². The number of methoxy groups -OCH3 is 1. The summed E-state index contributed by atoms with van der Waals surface area (Å²) < 4.78 is 20.9. The van der Waals surface area contributed by atoms with E-state index in [0.29, 0.717) is 31.3 Å². The number of ether oxygens (including phenoxy) is 4. The highest BCUT2D eigenvalue weighted by atomic mass is 16.6. The summed E-state index contributed by atoms with van der Waals surface area (Å²) in [5.74, 6) is -0.917. The summed E-state index contributed by atoms with van der Waals surface area (Å²) >= 11 is 0. The molecule has 1 unspecified atom stereocenters. The van der Waals surface area contributed by atoms with Crippen LogP contribution in [0.3, 0.4) is 0 Å². The van der Waals surface area contributed by atoms with E-state index in [1.165, 1.54) is 0 Å². The number of benzene rings is 2. The summed E-state index contributed by atoms with van der Waals surface area (Å²) in [6, 6.07) is 8.45. The van der Waals surface area contributed by atoms with E-state index < -0.39 is 35.1 Å². The molecule has 2 aliphatic heterocycles. The Kier molecular flexibility index (Phi) is 6.62. The van der Waals surface area contributed by atoms with Gasteiger partial charge in [0.15, 0.2) is 18.1 Å². The van der Waals surface area contributed by atoms with Gasteiger partial charge in [0.05, 0.1) is 29.2 Å². The summed E-state index contributed by atoms with van der Waals surface area (Å²) in [6.07, 6.45) is 1.53. The molecule has 11 heteroatoms. The molecule has 0 N–H and O–H groups in total. The van der Waals surface area contributed by atoms with Crippen molar-refractivity contribution in [3.63, 3.8) is 0 Å². The maximum absolute atomic E-state index is 12.9. The molecule has 0 bridgehead atoms. The third-order valence-electron chi connectivity index (χ3n) is 5.64. The Hall–Kier alpha value is -4.15. The van der Waals surface area contributed by atoms with Gasteiger partial charge in [-0.2, -0.15) is 0 Å². The van der Waals surface area contributed by atoms with E-state index in [1.807, 2.05) is 18.2 Å². The van der Waals surface area contributed by atoms with Crippen molar-refractivity contribution in [2.45, 2.75) is 18.9 Å². The first-order valence-electron chi connectivity index (χ1n) is 10.6. The van der Waals surface area contributed by atoms with Gasteiger partial charge in [0.1, 0.15) is 13.2 Å². The van der Waals surface area contributed by atoms with E-state index in [2.05, 4.69) is 4.74 Å². The zero-order chi connectivity index (χ0) is 24.2. The fourth-order valence-electron chi connectivity index (χ4n) is 4.04. The molecule has 0 saturated carbocycles. The van der Waals surface area contributed by atoms with Crippen molar-refractivity contribution < 1.29 is 38.3 Å². The lowest BCUT2D eigenvalue weighted by Crippen LogP contribution is -2.34. The number of carbonyl (C=O) groups is 3. The van der Waals surface area contributed by atoms with Gasteiger partial charge in [-0.05, 0) is 36.6 Å². The summed E-state index contributed by atoms with van der Waals surface area (Å²) in [4.78, 5) is 49.2. The molecule has 0 aromatic heterocycles. The highest BCUT2D eigenvalue weighted by molar-refractivity contribution is 5.97. The van der Waals surface area contributed by atoms with Gasteiger partial charge < -0.3 is 23.8 Å². The normalized spacial score (nSPS) is 16.6. The monoisotopic (exact) mass is 470 g/mol. The minimum atomic E-state index is -0.961. The Morgan fingerprint density at radius 3 is 2.47 bits per heavy atom. The lowest BCUT2D eigenvalue weighted by molar-refractivity contribution is -0.384. The molecule has 4 rings (SSSR count). The summed E-state index contributed by atoms with van der Waals surface area (Å²) in [5.41, 5.74) is 0.0163. The largest absolute Gasteiger partial charge is 0.486 e. The molecule has 2 heterocycles. The van der Waals surface area contributed by atoms with Gasteiger partial charge in [-0.25, -0.2) is 9.59 Å². The molecule has 1 atom stereocenters. The second-order valence-corrected chi connectivity index (χ2v) is 7.74. The third kappa shape index (κ3) is 4.77. The number of hydrogen-bond donors (Lipinski definition) is 0. The van der Waals surface area contributed by atoms with Crippen molar-refractivity contribution in [3.05, 3.63) is 63.2 Å². The molecule has 2 aromatic carbocycles. The van der Waals surface area contributed by atoms with Crippen molar-refractivity contribution in [3.8, 4) is 11.5 Å². The predicted octanol–water partition coefficient (Wildman–Crippen LogP) is 2.67. The maximum atomic E-state index is 12.9. The quantitative estimate of drug-likeness (QED) is 0.355. The number of nitro benzene ring substituents is 1. The van der Waals surface area contributed by atoms with E-state index in [1.54, 1.807) is 4.90 Å². The van der Waals surface area contributed by atoms with Crippen LogP contribution in [-0.2, 0) is 14.3 Å². The van der Waals surface area contributed by atoms with Crippen LogP contribution in [0.1, 0.15) is 45.2 Å². The number of non-ortho nitro benzene ring substituents is 1. The van der Waals surface area contributed by atoms with Crippen molar-refractivity contribution in [1.82, 2.24) is 4.90 Å². The van der Waals surface area contributed by atoms with Crippen LogP contribution < -0.4 is 9.47 Å². The van der Waals surface area contributed by atoms with Crippen LogP contribution in [0.4, 0.5) is 5.69 Å². The van der Waals surface area contributed by atoms with E-state index in [-0.39, 0.29) is 17.2 Å². The standard InChI is InChI=1S/C23H22N2O9/c1-31-22(27)15-9-16(11-17(10-15)25(29)30)23(28)34-13-21(26)24-6-2-3-18(24)14-4-5-19-20(12-14)33-8-7-32-19/h4-5,9-12,18H,2-3,6-8,13H2,1H3. The summed E-state index contributed by atoms with van der Waals surface area (Å²) in [5, 5.41) is 11.2. The zero-order valence-corrected chi connectivity index (χ0v) is 18.4. The number of rotatable bonds is 6. The second kappa shape index (κ2) is 9.77. The highest BCUT2D eigenvalue weighted by Gasteiger charge is 2.31. The predicted molar refractivity (Wildman–Crippen MR) is 116 cm³/mol. The zero-order valence-electron chi connectivity index (χ0n) is 18.4. The fourth-order valence-corrected chi connectivity index (χ4v) is 4.04. The molecule has 34 heavy (non-hydrogen) atoms. The number of nitro groups is 1. The molecule has 1 fully saturated rings. The Morgan fingerprint density at radius 1 is 1.06 bits per heavy atom. The molecule has 2 aromatic rings. The molecule has 0 aliphatic carbocycles. The van der Waals surface area contributed by atoms with Crippen LogP contribution >= 0.6 is 0 Å². The first kappa shape index (κ1) is 23.0. The molecule has 2 aliphatic rings. The number of hydrogen-bond acceptors (Lipinski definition) is 9. The van der Waals surface area contributed by atoms with Crippen molar-refractivity contribution in [2.75, 3.05) is 33.5 Å². The van der Waals surface area contributed by atoms with Gasteiger partial charge in [0, 0.05) is 18.7 Å². The lowest BCUT2D eigenvalue weighted by atomic mass is 10.0. The smallest absolute Gasteiger partial charge is 0.338 e. The van der Waals surface area contributed by atoms with E-state index >= 15 is 0 Å². The third-order valence-corrected chi connectivity index (χ3v) is 5.64. The second-order valence-electron chi connectivity index (χ2n) is 7.74. The number of esters is 2. The Morgan fingerprint density at radius 2 is 1.76 bits per heavy atom. The van der Waals surface area contributed by atoms with Gasteiger partial charge in [-0.15, -0.1) is 0 Å². The van der Waals surface area contributed by atoms with E-state index in [0.717, 1.165) is 43.7 Å². The van der Waals surface area contributed by atoms with Crippen LogP contribution in [-0.4, -0.2) is 61.1 Å². The van der Waals surface area contributed by atoms with E-state index in [9.17, 15) is 24.5 Å². The van der Waals surface area contributed by atoms with Gasteiger partial charge >= 0.3 is 11.9 Å². The molecule has 178 valence electrons. The number of fused-ring (bicyclic) bond motifs is 1. The highest BCUT2D eigenvalue weighted by Crippen LogP contribution is 2.38. The number of nitrogens with zero attached hydrogens (tertiary/aromatic N) is 2. The molecule has 0 spiro atoms.